The second-order valence-corrected chi connectivity index (χ2v) is 5.35. The van der Waals surface area contributed by atoms with Crippen molar-refractivity contribution in [3.05, 3.63) is 47.5 Å². The average molecular weight is 256 g/mol. The van der Waals surface area contributed by atoms with Crippen LogP contribution in [-0.4, -0.2) is 29.9 Å². The number of nitrogens with one attached hydrogen (secondary N) is 1. The van der Waals surface area contributed by atoms with Gasteiger partial charge in [-0.2, -0.15) is 0 Å². The Balaban J connectivity index is 1.92. The van der Waals surface area contributed by atoms with E-state index in [-0.39, 0.29) is 5.91 Å². The summed E-state index contributed by atoms with van der Waals surface area (Å²) in [5, 5.41) is 3.36. The Morgan fingerprint density at radius 3 is 3.05 bits per heavy atom. The monoisotopic (exact) mass is 256 g/mol. The van der Waals surface area contributed by atoms with Crippen LogP contribution in [0, 0.1) is 0 Å². The maximum atomic E-state index is 12.7. The van der Waals surface area contributed by atoms with Crippen molar-refractivity contribution in [2.75, 3.05) is 13.1 Å². The van der Waals surface area contributed by atoms with Gasteiger partial charge in [-0.15, -0.1) is 6.58 Å². The molecule has 0 spiro atoms. The summed E-state index contributed by atoms with van der Waals surface area (Å²) in [6, 6.07) is 6.53. The molecule has 1 aromatic rings. The lowest BCUT2D eigenvalue weighted by atomic mass is 9.94. The van der Waals surface area contributed by atoms with Crippen LogP contribution >= 0.6 is 0 Å². The third kappa shape index (κ3) is 2.43. The summed E-state index contributed by atoms with van der Waals surface area (Å²) >= 11 is 0. The Kier molecular flexibility index (Phi) is 3.38. The quantitative estimate of drug-likeness (QED) is 0.837. The summed E-state index contributed by atoms with van der Waals surface area (Å²) in [6.07, 6.45) is 5.04. The number of benzene rings is 1. The van der Waals surface area contributed by atoms with E-state index >= 15 is 0 Å². The third-order valence-corrected chi connectivity index (χ3v) is 3.94. The second-order valence-electron chi connectivity index (χ2n) is 5.35. The van der Waals surface area contributed by atoms with Crippen molar-refractivity contribution in [1.82, 2.24) is 10.2 Å². The first-order valence-corrected chi connectivity index (χ1v) is 7.04. The zero-order valence-electron chi connectivity index (χ0n) is 11.2. The number of carbonyl (C=O) groups is 1. The minimum Gasteiger partial charge on any atom is -0.332 e. The highest BCUT2D eigenvalue weighted by atomic mass is 16.2. The van der Waals surface area contributed by atoms with Crippen molar-refractivity contribution in [3.8, 4) is 0 Å². The van der Waals surface area contributed by atoms with Crippen LogP contribution in [0.2, 0.25) is 0 Å². The van der Waals surface area contributed by atoms with Gasteiger partial charge in [-0.1, -0.05) is 18.2 Å². The van der Waals surface area contributed by atoms with E-state index in [9.17, 15) is 4.79 Å². The van der Waals surface area contributed by atoms with E-state index in [4.69, 9.17) is 0 Å². The lowest BCUT2D eigenvalue weighted by Gasteiger charge is -2.25. The Labute approximate surface area is 114 Å². The molecule has 1 aliphatic carbocycles. The van der Waals surface area contributed by atoms with Gasteiger partial charge in [0.2, 0.25) is 0 Å². The third-order valence-electron chi connectivity index (χ3n) is 3.94. The van der Waals surface area contributed by atoms with Crippen molar-refractivity contribution < 1.29 is 4.79 Å². The summed E-state index contributed by atoms with van der Waals surface area (Å²) in [7, 11) is 0. The highest BCUT2D eigenvalue weighted by molar-refractivity contribution is 5.96. The molecule has 0 aromatic heterocycles. The van der Waals surface area contributed by atoms with Gasteiger partial charge in [0.15, 0.2) is 0 Å². The summed E-state index contributed by atoms with van der Waals surface area (Å²) in [4.78, 5) is 14.7. The van der Waals surface area contributed by atoms with Crippen molar-refractivity contribution in [2.24, 2.45) is 0 Å². The Morgan fingerprint density at radius 1 is 1.47 bits per heavy atom. The molecule has 1 aromatic carbocycles. The lowest BCUT2D eigenvalue weighted by molar-refractivity contribution is 0.0761. The molecule has 0 atom stereocenters. The zero-order valence-corrected chi connectivity index (χ0v) is 11.2. The Morgan fingerprint density at radius 2 is 2.32 bits per heavy atom. The molecule has 0 saturated heterocycles. The Bertz CT molecular complexity index is 505. The van der Waals surface area contributed by atoms with Crippen molar-refractivity contribution in [1.29, 1.82) is 0 Å². The molecule has 3 rings (SSSR count). The van der Waals surface area contributed by atoms with E-state index in [0.717, 1.165) is 37.9 Å². The highest BCUT2D eigenvalue weighted by Gasteiger charge is 2.33. The summed E-state index contributed by atoms with van der Waals surface area (Å²) in [5.74, 6) is 0.182. The fourth-order valence-corrected chi connectivity index (χ4v) is 2.81. The zero-order chi connectivity index (χ0) is 13.2. The molecule has 3 heteroatoms. The fraction of sp³-hybridized carbons (Fsp3) is 0.438. The molecule has 19 heavy (non-hydrogen) atoms. The van der Waals surface area contributed by atoms with Crippen LogP contribution in [0.4, 0.5) is 0 Å². The first-order valence-electron chi connectivity index (χ1n) is 7.04. The highest BCUT2D eigenvalue weighted by Crippen LogP contribution is 2.29. The van der Waals surface area contributed by atoms with E-state index < -0.39 is 0 Å². The number of hydrogen-bond acceptors (Lipinski definition) is 2. The number of nitrogens with zero attached hydrogens (tertiary/aromatic N) is 1. The first-order chi connectivity index (χ1) is 9.31. The SMILES string of the molecule is C=CCN(C(=O)c1cccc2c1CCNC2)C1CC1. The number of rotatable bonds is 4. The molecule has 1 N–H and O–H groups in total. The van der Waals surface area contributed by atoms with Crippen molar-refractivity contribution in [2.45, 2.75) is 31.8 Å². The van der Waals surface area contributed by atoms with Crippen LogP contribution in [0.3, 0.4) is 0 Å². The molecule has 0 bridgehead atoms. The van der Waals surface area contributed by atoms with Gasteiger partial charge in [0.25, 0.3) is 5.91 Å². The summed E-state index contributed by atoms with van der Waals surface area (Å²) < 4.78 is 0. The minimum absolute atomic E-state index is 0.182. The molecular formula is C16H20N2O. The Hall–Kier alpha value is -1.61. The minimum atomic E-state index is 0.182. The van der Waals surface area contributed by atoms with Gasteiger partial charge < -0.3 is 10.2 Å². The van der Waals surface area contributed by atoms with Crippen LogP contribution in [-0.2, 0) is 13.0 Å². The molecule has 1 fully saturated rings. The molecule has 2 aliphatic rings. The fourth-order valence-electron chi connectivity index (χ4n) is 2.81. The molecule has 1 heterocycles. The van der Waals surface area contributed by atoms with Gasteiger partial charge in [-0.25, -0.2) is 0 Å². The molecule has 0 radical (unpaired) electrons. The van der Waals surface area contributed by atoms with Gasteiger partial charge in [-0.05, 0) is 43.0 Å². The van der Waals surface area contributed by atoms with E-state index in [1.807, 2.05) is 23.1 Å². The molecule has 100 valence electrons. The van der Waals surface area contributed by atoms with Gasteiger partial charge in [0, 0.05) is 24.7 Å². The number of hydrogen-bond donors (Lipinski definition) is 1. The molecule has 1 amide bonds. The lowest BCUT2D eigenvalue weighted by Crippen LogP contribution is -2.35. The van der Waals surface area contributed by atoms with E-state index in [1.54, 1.807) is 0 Å². The largest absolute Gasteiger partial charge is 0.332 e. The van der Waals surface area contributed by atoms with Crippen molar-refractivity contribution >= 4 is 5.91 Å². The smallest absolute Gasteiger partial charge is 0.254 e. The summed E-state index contributed by atoms with van der Waals surface area (Å²) in [5.41, 5.74) is 3.40. The van der Waals surface area contributed by atoms with E-state index in [0.29, 0.717) is 12.6 Å². The average Bonchev–Trinajstić information content (AvgIpc) is 3.28. The van der Waals surface area contributed by atoms with Crippen LogP contribution in [0.1, 0.15) is 34.3 Å². The number of amides is 1. The van der Waals surface area contributed by atoms with Crippen LogP contribution in [0.15, 0.2) is 30.9 Å². The van der Waals surface area contributed by atoms with Gasteiger partial charge in [0.05, 0.1) is 0 Å². The normalized spacial score (nSPS) is 17.7. The van der Waals surface area contributed by atoms with Crippen LogP contribution in [0.5, 0.6) is 0 Å². The number of carbonyl (C=O) groups excluding carboxylic acids is 1. The predicted molar refractivity (Wildman–Crippen MR) is 76.1 cm³/mol. The predicted octanol–water partition coefficient (Wildman–Crippen LogP) is 2.12. The van der Waals surface area contributed by atoms with Crippen LogP contribution in [0.25, 0.3) is 0 Å². The topological polar surface area (TPSA) is 32.3 Å². The molecule has 3 nitrogen and oxygen atoms in total. The van der Waals surface area contributed by atoms with E-state index in [2.05, 4.69) is 18.0 Å². The number of fused-ring (bicyclic) bond motifs is 1. The molecule has 1 saturated carbocycles. The van der Waals surface area contributed by atoms with E-state index in [1.165, 1.54) is 11.1 Å². The second kappa shape index (κ2) is 5.17. The standard InChI is InChI=1S/C16H20N2O/c1-2-10-18(13-6-7-13)16(19)15-5-3-4-12-11-17-9-8-14(12)15/h2-5,13,17H,1,6-11H2. The molecule has 0 unspecified atom stereocenters. The van der Waals surface area contributed by atoms with Gasteiger partial charge >= 0.3 is 0 Å². The first kappa shape index (κ1) is 12.4. The maximum absolute atomic E-state index is 12.7. The maximum Gasteiger partial charge on any atom is 0.254 e. The van der Waals surface area contributed by atoms with Gasteiger partial charge in [0.1, 0.15) is 0 Å². The molecule has 1 aliphatic heterocycles. The molecular weight excluding hydrogens is 236 g/mol. The van der Waals surface area contributed by atoms with Crippen molar-refractivity contribution in [3.63, 3.8) is 0 Å². The summed E-state index contributed by atoms with van der Waals surface area (Å²) in [6.45, 7) is 6.27. The van der Waals surface area contributed by atoms with Crippen LogP contribution < -0.4 is 5.32 Å². The van der Waals surface area contributed by atoms with Gasteiger partial charge in [-0.3, -0.25) is 4.79 Å².